The first kappa shape index (κ1) is 60.0. The summed E-state index contributed by atoms with van der Waals surface area (Å²) in [7, 11) is 0. The van der Waals surface area contributed by atoms with E-state index in [0.29, 0.717) is 33.4 Å². The molecule has 0 saturated heterocycles. The maximum absolute atomic E-state index is 12.0. The highest BCUT2D eigenvalue weighted by Gasteiger charge is 2.27. The third-order valence-electron chi connectivity index (χ3n) is 16.5. The van der Waals surface area contributed by atoms with Gasteiger partial charge in [-0.15, -0.1) is 0 Å². The molecule has 6 bridgehead atoms. The topological polar surface area (TPSA) is 135 Å². The summed E-state index contributed by atoms with van der Waals surface area (Å²) in [6.45, 7) is 6.54. The lowest BCUT2D eigenvalue weighted by Crippen LogP contribution is -2.27. The molecule has 3 aliphatic carbocycles. The number of fused-ring (bicyclic) bond motifs is 9. The number of hydrogen-bond donors (Lipinski definition) is 3. The summed E-state index contributed by atoms with van der Waals surface area (Å²) >= 11 is 0. The molecule has 0 radical (unpaired) electrons. The standard InChI is InChI=1S/C69H96N6O3/c1-4-7-9-11-13-15-17-19-21-23-32-53-42-57-48-72-63-36-27-25-34-61(63)70-46-55-40-52(31-6-3)41-56(67(55)76)47-71-62-35-26-28-37-64(62)73-49-58-43-54(33-24-22-20-18-16-14-12-10-8-5-2)45-60(69(58)78)51-75-66-39-30-29-38-65(66)74-50-59(44-53)68(57)77/h6,23-24,31-33,40-51,61-66,76-78H,4-5,7-22,25-30,34-39H2,1-3H3/b31-6+,32-23+,33-24+,70-46?,71-47?,72-48?,73-49?,74-50?,75-51?. The molecule has 6 atom stereocenters. The van der Waals surface area contributed by atoms with E-state index in [1.807, 2.05) is 92.8 Å². The van der Waals surface area contributed by atoms with Gasteiger partial charge < -0.3 is 15.3 Å². The Bertz CT molecular complexity index is 2420. The average molecular weight is 1060 g/mol. The van der Waals surface area contributed by atoms with Crippen LogP contribution in [0, 0.1) is 0 Å². The smallest absolute Gasteiger partial charge is 0.133 e. The zero-order chi connectivity index (χ0) is 54.6. The Morgan fingerprint density at radius 3 is 0.821 bits per heavy atom. The predicted molar refractivity (Wildman–Crippen MR) is 335 cm³/mol. The molecule has 6 unspecified atom stereocenters. The fourth-order valence-electron chi connectivity index (χ4n) is 11.8. The Morgan fingerprint density at radius 2 is 0.577 bits per heavy atom. The molecule has 4 aliphatic rings. The lowest BCUT2D eigenvalue weighted by molar-refractivity contribution is 0.389. The van der Waals surface area contributed by atoms with E-state index in [4.69, 9.17) is 30.0 Å². The Morgan fingerprint density at radius 1 is 0.346 bits per heavy atom. The van der Waals surface area contributed by atoms with Crippen molar-refractivity contribution in [3.63, 3.8) is 0 Å². The van der Waals surface area contributed by atoms with Crippen molar-refractivity contribution in [1.29, 1.82) is 0 Å². The number of allylic oxidation sites excluding steroid dienone is 3. The van der Waals surface area contributed by atoms with Crippen LogP contribution in [0.1, 0.15) is 263 Å². The maximum atomic E-state index is 12.0. The molecule has 3 aromatic carbocycles. The average Bonchev–Trinajstić information content (AvgIpc) is 3.47. The van der Waals surface area contributed by atoms with Gasteiger partial charge in [-0.05, 0) is 124 Å². The van der Waals surface area contributed by atoms with E-state index in [1.54, 1.807) is 0 Å². The Labute approximate surface area is 470 Å². The summed E-state index contributed by atoms with van der Waals surface area (Å²) in [6, 6.07) is 11.7. The summed E-state index contributed by atoms with van der Waals surface area (Å²) in [6.07, 6.45) is 58.4. The van der Waals surface area contributed by atoms with Crippen LogP contribution in [0.25, 0.3) is 18.2 Å². The largest absolute Gasteiger partial charge is 0.507 e. The van der Waals surface area contributed by atoms with Crippen LogP contribution in [0.3, 0.4) is 0 Å². The maximum Gasteiger partial charge on any atom is 0.133 e. The van der Waals surface area contributed by atoms with Crippen molar-refractivity contribution >= 4 is 55.5 Å². The first-order chi connectivity index (χ1) is 38.3. The van der Waals surface area contributed by atoms with E-state index in [1.165, 1.54) is 103 Å². The van der Waals surface area contributed by atoms with Crippen LogP contribution in [0.5, 0.6) is 17.2 Å². The fourth-order valence-corrected chi connectivity index (χ4v) is 11.8. The highest BCUT2D eigenvalue weighted by atomic mass is 16.3. The zero-order valence-corrected chi connectivity index (χ0v) is 48.1. The number of phenols is 3. The van der Waals surface area contributed by atoms with Crippen molar-refractivity contribution in [3.05, 3.63) is 105 Å². The minimum absolute atomic E-state index is 0.0754. The molecule has 7 rings (SSSR count). The molecule has 3 fully saturated rings. The molecule has 3 saturated carbocycles. The number of benzene rings is 3. The second-order valence-electron chi connectivity index (χ2n) is 22.9. The molecule has 9 heteroatoms. The minimum atomic E-state index is -0.0772. The summed E-state index contributed by atoms with van der Waals surface area (Å²) < 4.78 is 0. The molecule has 0 aromatic heterocycles. The highest BCUT2D eigenvalue weighted by molar-refractivity contribution is 5.95. The molecule has 1 aliphatic heterocycles. The second-order valence-corrected chi connectivity index (χ2v) is 22.9. The van der Waals surface area contributed by atoms with Crippen LogP contribution in [-0.4, -0.2) is 88.9 Å². The predicted octanol–water partition coefficient (Wildman–Crippen LogP) is 17.8. The number of nitrogens with zero attached hydrogens (tertiary/aromatic N) is 6. The van der Waals surface area contributed by atoms with Gasteiger partial charge in [0.25, 0.3) is 0 Å². The van der Waals surface area contributed by atoms with Crippen LogP contribution >= 0.6 is 0 Å². The monoisotopic (exact) mass is 1060 g/mol. The van der Waals surface area contributed by atoms with E-state index >= 15 is 0 Å². The normalized spacial score (nSPS) is 22.0. The van der Waals surface area contributed by atoms with Gasteiger partial charge in [0.05, 0.1) is 36.3 Å². The Kier molecular flexibility index (Phi) is 25.9. The molecule has 3 N–H and O–H groups in total. The second kappa shape index (κ2) is 33.7. The van der Waals surface area contributed by atoms with Crippen molar-refractivity contribution < 1.29 is 15.3 Å². The lowest BCUT2D eigenvalue weighted by Gasteiger charge is -2.26. The van der Waals surface area contributed by atoms with Gasteiger partial charge in [-0.3, -0.25) is 30.0 Å². The number of rotatable bonds is 21. The number of aromatic hydroxyl groups is 3. The first-order valence-electron chi connectivity index (χ1n) is 31.1. The van der Waals surface area contributed by atoms with E-state index in [-0.39, 0.29) is 53.5 Å². The molecule has 420 valence electrons. The molecule has 1 heterocycles. The lowest BCUT2D eigenvalue weighted by atomic mass is 9.91. The molecular weight excluding hydrogens is 961 g/mol. The van der Waals surface area contributed by atoms with Gasteiger partial charge in [-0.1, -0.05) is 179 Å². The van der Waals surface area contributed by atoms with Crippen LogP contribution in [0.4, 0.5) is 0 Å². The van der Waals surface area contributed by atoms with Crippen LogP contribution in [0.2, 0.25) is 0 Å². The molecule has 0 amide bonds. The minimum Gasteiger partial charge on any atom is -0.507 e. The molecule has 3 aromatic rings. The molecule has 9 nitrogen and oxygen atoms in total. The molecular formula is C69H96N6O3. The number of phenolic OH excluding ortho intramolecular Hbond substituents is 3. The summed E-state index contributed by atoms with van der Waals surface area (Å²) in [5.41, 5.74) is 6.92. The van der Waals surface area contributed by atoms with Gasteiger partial charge in [0.15, 0.2) is 0 Å². The SMILES string of the molecule is C/C=C/c1cc2c(O)c(c1)C=NC1CCCCC1N=Cc1cc(/C=C/CCCCCCCCCC)cc(c1O)C=NC1CCCCC1N=Cc1cc(/C=C/CCCCCCCCCC)cc(c1O)C=NC1CCCCC1N=C2. The summed E-state index contributed by atoms with van der Waals surface area (Å²) in [5, 5.41) is 35.9. The fraction of sp³-hybridized carbons (Fsp3) is 0.565. The summed E-state index contributed by atoms with van der Waals surface area (Å²) in [4.78, 5) is 31.1. The summed E-state index contributed by atoms with van der Waals surface area (Å²) in [5.74, 6) is 0.480. The number of unbranched alkanes of at least 4 members (excludes halogenated alkanes) is 16. The van der Waals surface area contributed by atoms with Crippen molar-refractivity contribution in [2.75, 3.05) is 0 Å². The van der Waals surface area contributed by atoms with E-state index in [2.05, 4.69) is 38.2 Å². The van der Waals surface area contributed by atoms with Gasteiger partial charge in [0, 0.05) is 70.7 Å². The number of aliphatic imine (C=N–C) groups is 6. The van der Waals surface area contributed by atoms with Gasteiger partial charge in [0.2, 0.25) is 0 Å². The first-order valence-corrected chi connectivity index (χ1v) is 31.1. The third-order valence-corrected chi connectivity index (χ3v) is 16.5. The van der Waals surface area contributed by atoms with Crippen molar-refractivity contribution in [3.8, 4) is 17.2 Å². The quantitative estimate of drug-likeness (QED) is 0.0917. The van der Waals surface area contributed by atoms with Gasteiger partial charge in [-0.2, -0.15) is 0 Å². The molecule has 0 spiro atoms. The number of hydrogen-bond acceptors (Lipinski definition) is 9. The van der Waals surface area contributed by atoms with Crippen molar-refractivity contribution in [2.24, 2.45) is 30.0 Å². The Hall–Kier alpha value is -5.70. The van der Waals surface area contributed by atoms with Crippen LogP contribution < -0.4 is 0 Å². The van der Waals surface area contributed by atoms with E-state index in [0.717, 1.165) is 107 Å². The third kappa shape index (κ3) is 19.3. The van der Waals surface area contributed by atoms with Crippen LogP contribution in [0.15, 0.2) is 84.6 Å². The van der Waals surface area contributed by atoms with Crippen LogP contribution in [-0.2, 0) is 0 Å². The molecule has 78 heavy (non-hydrogen) atoms. The van der Waals surface area contributed by atoms with Crippen molar-refractivity contribution in [2.45, 2.75) is 250 Å². The van der Waals surface area contributed by atoms with Gasteiger partial charge >= 0.3 is 0 Å². The van der Waals surface area contributed by atoms with Gasteiger partial charge in [-0.25, -0.2) is 0 Å². The Balaban J connectivity index is 1.24. The zero-order valence-electron chi connectivity index (χ0n) is 48.1. The van der Waals surface area contributed by atoms with E-state index < -0.39 is 0 Å². The van der Waals surface area contributed by atoms with Gasteiger partial charge in [0.1, 0.15) is 17.2 Å². The van der Waals surface area contributed by atoms with Crippen molar-refractivity contribution in [1.82, 2.24) is 0 Å². The van der Waals surface area contributed by atoms with E-state index in [9.17, 15) is 15.3 Å². The highest BCUT2D eigenvalue weighted by Crippen LogP contribution is 2.32.